The van der Waals surface area contributed by atoms with Gasteiger partial charge in [-0.2, -0.15) is 61.5 Å². The fourth-order valence-corrected chi connectivity index (χ4v) is 6.86. The van der Waals surface area contributed by atoms with E-state index in [-0.39, 0.29) is 10.7 Å². The topological polar surface area (TPSA) is 62.3 Å². The average Bonchev–Trinajstić information content (AvgIpc) is 3.53. The number of anilines is 1. The number of likely N-dealkylation sites (tertiary alicyclic amines) is 1. The zero-order valence-electron chi connectivity index (χ0n) is 26.6. The molecule has 1 fully saturated rings. The number of nitrogens with zero attached hydrogens (tertiary/aromatic N) is 2. The molecule has 0 spiro atoms. The smallest absolute Gasteiger partial charge is 0.337 e. The molecule has 1 N–H and O–H groups in total. The number of alkyl halides is 17. The van der Waals surface area contributed by atoms with Gasteiger partial charge in [-0.15, -0.1) is 11.3 Å². The molecule has 0 radical (unpaired) electrons. The summed E-state index contributed by atoms with van der Waals surface area (Å²) in [5, 5.41) is 3.92. The van der Waals surface area contributed by atoms with Gasteiger partial charge in [-0.05, 0) is 37.5 Å². The first kappa shape index (κ1) is 42.6. The maximum Gasteiger partial charge on any atom is 0.435 e. The van der Waals surface area contributed by atoms with E-state index < -0.39 is 96.2 Å². The molecule has 1 aliphatic rings. The molecule has 1 aliphatic heterocycles. The fourth-order valence-electron chi connectivity index (χ4n) is 5.89. The van der Waals surface area contributed by atoms with E-state index in [4.69, 9.17) is 0 Å². The van der Waals surface area contributed by atoms with Crippen molar-refractivity contribution in [2.75, 3.05) is 18.4 Å². The molecule has 0 saturated carbocycles. The first-order chi connectivity index (χ1) is 24.5. The Morgan fingerprint density at radius 2 is 1.26 bits per heavy atom. The van der Waals surface area contributed by atoms with E-state index >= 15 is 13.2 Å². The fraction of sp³-hybridized carbons (Fsp3) is 0.452. The number of aromatic nitrogens is 1. The highest BCUT2D eigenvalue weighted by atomic mass is 32.1. The van der Waals surface area contributed by atoms with Gasteiger partial charge in [-0.25, -0.2) is 18.2 Å². The zero-order chi connectivity index (χ0) is 41.1. The van der Waals surface area contributed by atoms with Crippen molar-refractivity contribution in [3.63, 3.8) is 0 Å². The highest BCUT2D eigenvalue weighted by Gasteiger charge is 3.02. The monoisotopic (exact) mass is 823 g/mol. The van der Waals surface area contributed by atoms with Crippen LogP contribution in [0.3, 0.4) is 0 Å². The van der Waals surface area contributed by atoms with E-state index in [1.165, 1.54) is 5.38 Å². The second-order valence-corrected chi connectivity index (χ2v) is 12.9. The molecular weight excluding hydrogens is 801 g/mol. The molecule has 2 heterocycles. The van der Waals surface area contributed by atoms with Crippen LogP contribution in [0.25, 0.3) is 11.1 Å². The van der Waals surface area contributed by atoms with Crippen molar-refractivity contribution in [3.8, 4) is 11.1 Å². The molecular formula is C31H22F17N3O2S. The van der Waals surface area contributed by atoms with Crippen molar-refractivity contribution in [3.05, 3.63) is 70.2 Å². The summed E-state index contributed by atoms with van der Waals surface area (Å²) >= 11 is 0.783. The van der Waals surface area contributed by atoms with E-state index in [1.54, 1.807) is 55.5 Å². The Hall–Kier alpha value is -4.18. The van der Waals surface area contributed by atoms with Crippen LogP contribution >= 0.6 is 11.3 Å². The van der Waals surface area contributed by atoms with E-state index in [0.717, 1.165) is 22.5 Å². The standard InChI is InChI=1S/C31H22F17N3O2S/c1-15-7-8-19(18(13-15)16-5-3-2-4-6-16)49-21(52)20-14-54-22(50-20)17-9-11-51(12-10-17)23(53)24(32,33)26(34,31(46,47)48)27(35,36)25(28(37,38)39,29(40,41)42)30(43,44)45/h2-8,13-14,17H,9-12H2,1H3,(H,49,52). The molecule has 3 aromatic rings. The molecule has 1 unspecified atom stereocenters. The Morgan fingerprint density at radius 1 is 0.741 bits per heavy atom. The predicted octanol–water partition coefficient (Wildman–Crippen LogP) is 10.3. The summed E-state index contributed by atoms with van der Waals surface area (Å²) in [6.07, 6.45) is -35.5. The second-order valence-electron chi connectivity index (χ2n) is 12.1. The molecule has 298 valence electrons. The minimum absolute atomic E-state index is 0.0400. The second kappa shape index (κ2) is 13.8. The van der Waals surface area contributed by atoms with Crippen LogP contribution in [0.15, 0.2) is 53.9 Å². The summed E-state index contributed by atoms with van der Waals surface area (Å²) in [6, 6.07) is 13.8. The van der Waals surface area contributed by atoms with Crippen molar-refractivity contribution >= 4 is 28.8 Å². The number of thiazole rings is 1. The summed E-state index contributed by atoms with van der Waals surface area (Å²) in [6.45, 7) is -0.691. The number of aryl methyl sites for hydroxylation is 1. The van der Waals surface area contributed by atoms with Crippen LogP contribution < -0.4 is 5.32 Å². The van der Waals surface area contributed by atoms with Crippen molar-refractivity contribution < 1.29 is 84.2 Å². The molecule has 54 heavy (non-hydrogen) atoms. The SMILES string of the molecule is Cc1ccc(NC(=O)c2csc(C3CCN(C(=O)C(F)(F)C(F)(C(F)(F)F)C(F)(F)C(C(F)(F)F)(C(F)(F)F)C(F)(F)F)CC3)n2)c(-c2ccccc2)c1. The quantitative estimate of drug-likeness (QED) is 0.230. The maximum absolute atomic E-state index is 15.2. The van der Waals surface area contributed by atoms with Gasteiger partial charge in [0.1, 0.15) is 5.69 Å². The van der Waals surface area contributed by atoms with E-state index in [0.29, 0.717) is 11.3 Å². The van der Waals surface area contributed by atoms with Gasteiger partial charge >= 0.3 is 47.6 Å². The van der Waals surface area contributed by atoms with Gasteiger partial charge in [0.25, 0.3) is 11.8 Å². The van der Waals surface area contributed by atoms with Gasteiger partial charge in [0.15, 0.2) is 0 Å². The Kier molecular flexibility index (Phi) is 10.9. The third-order valence-electron chi connectivity index (χ3n) is 8.67. The maximum atomic E-state index is 15.2. The van der Waals surface area contributed by atoms with Gasteiger partial charge in [-0.1, -0.05) is 42.0 Å². The molecule has 1 saturated heterocycles. The van der Waals surface area contributed by atoms with Crippen LogP contribution in [0.4, 0.5) is 80.3 Å². The largest absolute Gasteiger partial charge is 0.435 e. The number of halogens is 17. The number of benzene rings is 2. The molecule has 0 bridgehead atoms. The normalized spacial score (nSPS) is 17.0. The molecule has 1 atom stereocenters. The lowest BCUT2D eigenvalue weighted by Crippen LogP contribution is -2.81. The summed E-state index contributed by atoms with van der Waals surface area (Å²) in [4.78, 5) is 29.1. The number of nitrogens with one attached hydrogen (secondary N) is 1. The molecule has 2 aromatic carbocycles. The lowest BCUT2D eigenvalue weighted by Gasteiger charge is -2.50. The van der Waals surface area contributed by atoms with Gasteiger partial charge in [0, 0.05) is 35.6 Å². The third kappa shape index (κ3) is 6.73. The van der Waals surface area contributed by atoms with Crippen LogP contribution in [0.2, 0.25) is 0 Å². The highest BCUT2D eigenvalue weighted by Crippen LogP contribution is 2.72. The lowest BCUT2D eigenvalue weighted by molar-refractivity contribution is -0.509. The first-order valence-corrected chi connectivity index (χ1v) is 15.8. The molecule has 4 rings (SSSR count). The average molecular weight is 824 g/mol. The molecule has 0 aliphatic carbocycles. The summed E-state index contributed by atoms with van der Waals surface area (Å²) in [5.74, 6) is -22.4. The summed E-state index contributed by atoms with van der Waals surface area (Å²) < 4.78 is 236. The van der Waals surface area contributed by atoms with Crippen LogP contribution in [0, 0.1) is 12.3 Å². The molecule has 5 nitrogen and oxygen atoms in total. The summed E-state index contributed by atoms with van der Waals surface area (Å²) in [5.41, 5.74) is -15.5. The minimum Gasteiger partial charge on any atom is -0.337 e. The number of hydrogen-bond donors (Lipinski definition) is 1. The zero-order valence-corrected chi connectivity index (χ0v) is 27.5. The van der Waals surface area contributed by atoms with Crippen molar-refractivity contribution in [1.29, 1.82) is 0 Å². The van der Waals surface area contributed by atoms with Crippen molar-refractivity contribution in [2.45, 2.75) is 67.9 Å². The van der Waals surface area contributed by atoms with Crippen LogP contribution in [-0.2, 0) is 4.79 Å². The first-order valence-electron chi connectivity index (χ1n) is 14.9. The number of carbonyl (C=O) groups is 2. The third-order valence-corrected chi connectivity index (χ3v) is 9.67. The minimum atomic E-state index is -9.21. The van der Waals surface area contributed by atoms with E-state index in [2.05, 4.69) is 10.3 Å². The number of piperidine rings is 1. The Labute approximate surface area is 296 Å². The van der Waals surface area contributed by atoms with Gasteiger partial charge < -0.3 is 10.2 Å². The summed E-state index contributed by atoms with van der Waals surface area (Å²) in [7, 11) is 0. The Morgan fingerprint density at radius 3 is 1.74 bits per heavy atom. The number of hydrogen-bond acceptors (Lipinski definition) is 4. The predicted molar refractivity (Wildman–Crippen MR) is 156 cm³/mol. The van der Waals surface area contributed by atoms with Crippen LogP contribution in [-0.4, -0.2) is 77.0 Å². The number of rotatable bonds is 8. The lowest BCUT2D eigenvalue weighted by atomic mass is 9.68. The van der Waals surface area contributed by atoms with Gasteiger partial charge in [0.05, 0.1) is 5.01 Å². The molecule has 23 heteroatoms. The van der Waals surface area contributed by atoms with E-state index in [1.807, 2.05) is 0 Å². The van der Waals surface area contributed by atoms with Crippen LogP contribution in [0.1, 0.15) is 39.8 Å². The molecule has 2 amide bonds. The Balaban J connectivity index is 1.59. The number of carbonyl (C=O) groups excluding carboxylic acids is 2. The van der Waals surface area contributed by atoms with Crippen molar-refractivity contribution in [1.82, 2.24) is 9.88 Å². The number of amides is 2. The van der Waals surface area contributed by atoms with E-state index in [9.17, 15) is 71.1 Å². The van der Waals surface area contributed by atoms with Crippen molar-refractivity contribution in [2.24, 2.45) is 5.41 Å². The molecule has 1 aromatic heterocycles. The van der Waals surface area contributed by atoms with Gasteiger partial charge in [0.2, 0.25) is 0 Å². The highest BCUT2D eigenvalue weighted by molar-refractivity contribution is 7.10. The Bertz CT molecular complexity index is 1810. The van der Waals surface area contributed by atoms with Gasteiger partial charge in [-0.3, -0.25) is 9.59 Å². The van der Waals surface area contributed by atoms with Crippen LogP contribution in [0.5, 0.6) is 0 Å².